The van der Waals surface area contributed by atoms with Crippen molar-refractivity contribution in [3.05, 3.63) is 16.6 Å². The number of fused-ring (bicyclic) bond motifs is 5. The van der Waals surface area contributed by atoms with Crippen LogP contribution in [0.5, 0.6) is 0 Å². The number of carbonyl (C=O) groups is 1. The van der Waals surface area contributed by atoms with E-state index in [0.29, 0.717) is 30.1 Å². The second kappa shape index (κ2) is 11.5. The number of nitrogens with zero attached hydrogens (tertiary/aromatic N) is 2. The maximum absolute atomic E-state index is 13.1. The lowest BCUT2D eigenvalue weighted by atomic mass is 9.46. The predicted molar refractivity (Wildman–Crippen MR) is 150 cm³/mol. The highest BCUT2D eigenvalue weighted by Gasteiger charge is 2.61. The van der Waals surface area contributed by atoms with Gasteiger partial charge in [-0.1, -0.05) is 65.5 Å². The Balaban J connectivity index is 1.63. The summed E-state index contributed by atoms with van der Waals surface area (Å²) in [4.78, 5) is 24.5. The van der Waals surface area contributed by atoms with Crippen LogP contribution in [0.15, 0.2) is 16.9 Å². The van der Waals surface area contributed by atoms with E-state index in [1.165, 1.54) is 50.5 Å². The van der Waals surface area contributed by atoms with Crippen LogP contribution in [0, 0.1) is 51.2 Å². The molecule has 7 heteroatoms. The number of halogens is 1. The first kappa shape index (κ1) is 28.9. The maximum Gasteiger partial charge on any atom is 0.340 e. The molecule has 4 aliphatic rings. The fourth-order valence-electron chi connectivity index (χ4n) is 9.30. The summed E-state index contributed by atoms with van der Waals surface area (Å²) in [6, 6.07) is -0.606. The largest absolute Gasteiger partial charge is 0.393 e. The molecule has 37 heavy (non-hydrogen) atoms. The Hall–Kier alpha value is -1.14. The van der Waals surface area contributed by atoms with E-state index < -0.39 is 6.03 Å². The Labute approximate surface area is 229 Å². The smallest absolute Gasteiger partial charge is 0.340 e. The van der Waals surface area contributed by atoms with E-state index >= 15 is 0 Å². The van der Waals surface area contributed by atoms with Crippen LogP contribution in [-0.4, -0.2) is 40.7 Å². The number of aliphatic hydroxyl groups is 1. The topological polar surface area (TPSA) is 82.0 Å². The summed E-state index contributed by atoms with van der Waals surface area (Å²) in [5.41, 5.74) is 1.64. The van der Waals surface area contributed by atoms with Gasteiger partial charge in [0.1, 0.15) is 0 Å². The van der Waals surface area contributed by atoms with E-state index in [1.807, 2.05) is 0 Å². The van der Waals surface area contributed by atoms with E-state index in [2.05, 4.69) is 51.3 Å². The highest BCUT2D eigenvalue weighted by Crippen LogP contribution is 2.67. The molecule has 0 bridgehead atoms. The first-order chi connectivity index (χ1) is 17.5. The van der Waals surface area contributed by atoms with Crippen molar-refractivity contribution in [2.75, 3.05) is 12.4 Å². The van der Waals surface area contributed by atoms with Crippen molar-refractivity contribution < 1.29 is 9.90 Å². The van der Waals surface area contributed by atoms with Gasteiger partial charge in [0.2, 0.25) is 0 Å². The second-order valence-corrected chi connectivity index (χ2v) is 14.1. The molecule has 210 valence electrons. The van der Waals surface area contributed by atoms with Gasteiger partial charge in [-0.15, -0.1) is 16.5 Å². The third-order valence-electron chi connectivity index (χ3n) is 11.3. The van der Waals surface area contributed by atoms with E-state index in [4.69, 9.17) is 11.6 Å². The van der Waals surface area contributed by atoms with E-state index in [9.17, 15) is 14.8 Å². The Kier molecular flexibility index (Phi) is 9.00. The lowest BCUT2D eigenvalue weighted by molar-refractivity contribution is -0.0664. The molecule has 0 aromatic rings. The van der Waals surface area contributed by atoms with Gasteiger partial charge in [0.05, 0.1) is 24.0 Å². The average Bonchev–Trinajstić information content (AvgIpc) is 3.20. The van der Waals surface area contributed by atoms with Gasteiger partial charge in [-0.2, -0.15) is 5.01 Å². The second-order valence-electron chi connectivity index (χ2n) is 13.7. The lowest BCUT2D eigenvalue weighted by Crippen LogP contribution is -2.59. The Morgan fingerprint density at radius 2 is 1.92 bits per heavy atom. The van der Waals surface area contributed by atoms with Crippen LogP contribution in [0.1, 0.15) is 98.8 Å². The van der Waals surface area contributed by atoms with Crippen molar-refractivity contribution in [2.24, 2.45) is 51.6 Å². The standard InChI is InChI=1S/C30H50ClN3O3/c1-19(2)7-6-8-20(3)23-9-10-24-27-25(12-14-30(23,24)5)29(4)13-11-22(35)17-21(29)18-26(27)32-28(36)34(33-37)16-15-31/h18-20,22-27,35H,6-17H2,1-5H3,(H,32,36)/t20-,22+,23-,24+,25+,26+,27+,29+,30-/m1/s1. The molecule has 4 rings (SSSR count). The van der Waals surface area contributed by atoms with Crippen LogP contribution in [0.2, 0.25) is 0 Å². The Bertz CT molecular complexity index is 865. The molecular formula is C30H50ClN3O3. The molecule has 0 unspecified atom stereocenters. The zero-order valence-electron chi connectivity index (χ0n) is 23.7. The fourth-order valence-corrected chi connectivity index (χ4v) is 9.46. The van der Waals surface area contributed by atoms with Crippen molar-refractivity contribution in [3.63, 3.8) is 0 Å². The van der Waals surface area contributed by atoms with Gasteiger partial charge in [-0.3, -0.25) is 0 Å². The predicted octanol–water partition coefficient (Wildman–Crippen LogP) is 7.30. The van der Waals surface area contributed by atoms with Gasteiger partial charge in [-0.25, -0.2) is 4.79 Å². The fraction of sp³-hybridized carbons (Fsp3) is 0.900. The maximum atomic E-state index is 13.1. The molecule has 6 nitrogen and oxygen atoms in total. The molecule has 0 heterocycles. The number of hydrogen-bond acceptors (Lipinski definition) is 4. The van der Waals surface area contributed by atoms with Gasteiger partial charge in [-0.05, 0) is 91.3 Å². The molecule has 0 saturated heterocycles. The van der Waals surface area contributed by atoms with Crippen LogP contribution >= 0.6 is 11.6 Å². The van der Waals surface area contributed by atoms with Crippen molar-refractivity contribution in [2.45, 2.75) is 111 Å². The summed E-state index contributed by atoms with van der Waals surface area (Å²) >= 11 is 5.83. The van der Waals surface area contributed by atoms with Gasteiger partial charge in [0.25, 0.3) is 0 Å². The summed E-state index contributed by atoms with van der Waals surface area (Å²) in [6.45, 7) is 12.2. The third-order valence-corrected chi connectivity index (χ3v) is 11.4. The molecular weight excluding hydrogens is 486 g/mol. The molecule has 3 fully saturated rings. The number of nitrogens with one attached hydrogen (secondary N) is 1. The first-order valence-corrected chi connectivity index (χ1v) is 15.4. The summed E-state index contributed by atoms with van der Waals surface area (Å²) in [6.07, 6.45) is 13.3. The van der Waals surface area contributed by atoms with Crippen LogP contribution in [-0.2, 0) is 0 Å². The Morgan fingerprint density at radius 3 is 2.59 bits per heavy atom. The van der Waals surface area contributed by atoms with Gasteiger partial charge >= 0.3 is 6.03 Å². The van der Waals surface area contributed by atoms with Crippen molar-refractivity contribution >= 4 is 17.6 Å². The third kappa shape index (κ3) is 5.48. The number of rotatable bonds is 9. The highest BCUT2D eigenvalue weighted by atomic mass is 35.5. The van der Waals surface area contributed by atoms with Crippen molar-refractivity contribution in [3.8, 4) is 0 Å². The minimum Gasteiger partial charge on any atom is -0.393 e. The quantitative estimate of drug-likeness (QED) is 0.141. The molecule has 0 radical (unpaired) electrons. The van der Waals surface area contributed by atoms with E-state index in [0.717, 1.165) is 29.7 Å². The minimum absolute atomic E-state index is 0.0756. The zero-order chi connectivity index (χ0) is 27.0. The molecule has 2 N–H and O–H groups in total. The molecule has 9 atom stereocenters. The molecule has 0 aromatic carbocycles. The van der Waals surface area contributed by atoms with Crippen molar-refractivity contribution in [1.29, 1.82) is 0 Å². The van der Waals surface area contributed by atoms with Gasteiger partial charge in [0, 0.05) is 5.88 Å². The molecule has 0 spiro atoms. The Morgan fingerprint density at radius 1 is 1.16 bits per heavy atom. The van der Waals surface area contributed by atoms with Crippen LogP contribution in [0.25, 0.3) is 0 Å². The zero-order valence-corrected chi connectivity index (χ0v) is 24.5. The minimum atomic E-state index is -0.458. The number of nitroso groups, excluding NO2 is 1. The summed E-state index contributed by atoms with van der Waals surface area (Å²) in [5.74, 6) is 3.72. The molecule has 4 aliphatic carbocycles. The number of urea groups is 1. The molecule has 0 aromatic heterocycles. The van der Waals surface area contributed by atoms with Gasteiger partial charge in [0.15, 0.2) is 0 Å². The summed E-state index contributed by atoms with van der Waals surface area (Å²) < 4.78 is 0. The lowest BCUT2D eigenvalue weighted by Gasteiger charge is -2.60. The average molecular weight is 536 g/mol. The summed E-state index contributed by atoms with van der Waals surface area (Å²) in [7, 11) is 0. The number of aliphatic hydroxyl groups excluding tert-OH is 1. The molecule has 3 saturated carbocycles. The van der Waals surface area contributed by atoms with Crippen molar-refractivity contribution in [1.82, 2.24) is 10.3 Å². The molecule has 0 aliphatic heterocycles. The normalized spacial score (nSPS) is 39.7. The van der Waals surface area contributed by atoms with Crippen LogP contribution in [0.3, 0.4) is 0 Å². The molecule has 2 amide bonds. The van der Waals surface area contributed by atoms with E-state index in [-0.39, 0.29) is 35.4 Å². The highest BCUT2D eigenvalue weighted by molar-refractivity contribution is 6.18. The number of carbonyl (C=O) groups excluding carboxylic acids is 1. The van der Waals surface area contributed by atoms with Crippen LogP contribution < -0.4 is 5.32 Å². The van der Waals surface area contributed by atoms with E-state index in [1.54, 1.807) is 0 Å². The number of alkyl halides is 1. The number of amides is 2. The number of hydrogen-bond donors (Lipinski definition) is 2. The monoisotopic (exact) mass is 535 g/mol. The first-order valence-electron chi connectivity index (χ1n) is 14.9. The van der Waals surface area contributed by atoms with Crippen LogP contribution in [0.4, 0.5) is 4.79 Å². The van der Waals surface area contributed by atoms with Gasteiger partial charge < -0.3 is 10.4 Å². The SMILES string of the molecule is CC(C)CCC[C@@H](C)[C@H]1CC[C@H]2[C@@H]3[C@@H](NC(=O)N(CCCl)N=O)C=C4C[C@@H](O)CC[C@]4(C)[C@H]3CC[C@]12C. The summed E-state index contributed by atoms with van der Waals surface area (Å²) in [5, 5.41) is 17.6.